The number of esters is 1. The maximum atomic E-state index is 11.8. The Bertz CT molecular complexity index is 462. The van der Waals surface area contributed by atoms with Crippen molar-refractivity contribution in [3.05, 3.63) is 46.8 Å². The first-order chi connectivity index (χ1) is 8.95. The number of rotatable bonds is 5. The summed E-state index contributed by atoms with van der Waals surface area (Å²) in [6.07, 6.45) is 0. The Labute approximate surface area is 113 Å². The molecular weight excluding hydrogens is 242 g/mol. The van der Waals surface area contributed by atoms with Gasteiger partial charge in [0.05, 0.1) is 13.2 Å². The molecular formula is C14H21N3O2. The Morgan fingerprint density at radius 3 is 2.37 bits per heavy atom. The molecule has 0 aliphatic heterocycles. The lowest BCUT2D eigenvalue weighted by Crippen LogP contribution is -2.36. The van der Waals surface area contributed by atoms with Crippen LogP contribution in [0, 0.1) is 6.92 Å². The molecule has 0 radical (unpaired) electrons. The Hall–Kier alpha value is -2.01. The lowest BCUT2D eigenvalue weighted by Gasteiger charge is -2.21. The van der Waals surface area contributed by atoms with Crippen molar-refractivity contribution in [2.45, 2.75) is 27.3 Å². The first-order valence-corrected chi connectivity index (χ1v) is 6.17. The van der Waals surface area contributed by atoms with Gasteiger partial charge in [0.15, 0.2) is 5.70 Å². The van der Waals surface area contributed by atoms with Crippen molar-refractivity contribution >= 4 is 5.97 Å². The van der Waals surface area contributed by atoms with Crippen LogP contribution in [0.4, 0.5) is 0 Å². The Morgan fingerprint density at radius 1 is 1.32 bits per heavy atom. The third kappa shape index (κ3) is 4.30. The highest BCUT2D eigenvalue weighted by Crippen LogP contribution is 2.11. The highest BCUT2D eigenvalue weighted by Gasteiger charge is 2.18. The molecule has 4 N–H and O–H groups in total. The van der Waals surface area contributed by atoms with Crippen molar-refractivity contribution < 1.29 is 9.53 Å². The molecule has 0 atom stereocenters. The minimum atomic E-state index is -0.503. The van der Waals surface area contributed by atoms with E-state index in [0.29, 0.717) is 12.2 Å². The van der Waals surface area contributed by atoms with Gasteiger partial charge in [-0.25, -0.2) is 10.6 Å². The molecule has 19 heavy (non-hydrogen) atoms. The van der Waals surface area contributed by atoms with E-state index in [1.165, 1.54) is 10.6 Å². The summed E-state index contributed by atoms with van der Waals surface area (Å²) in [6.45, 7) is 6.05. The first-order valence-electron chi connectivity index (χ1n) is 6.17. The zero-order chi connectivity index (χ0) is 14.4. The predicted molar refractivity (Wildman–Crippen MR) is 74.4 cm³/mol. The number of allylic oxidation sites excluding steroid dienone is 1. The third-order valence-corrected chi connectivity index (χ3v) is 2.60. The molecule has 0 aromatic heterocycles. The number of benzene rings is 1. The lowest BCUT2D eigenvalue weighted by atomic mass is 10.1. The topological polar surface area (TPSA) is 81.6 Å². The van der Waals surface area contributed by atoms with Crippen LogP contribution < -0.4 is 11.6 Å². The van der Waals surface area contributed by atoms with Gasteiger partial charge in [0, 0.05) is 5.70 Å². The van der Waals surface area contributed by atoms with Gasteiger partial charge in [0.25, 0.3) is 0 Å². The van der Waals surface area contributed by atoms with Crippen molar-refractivity contribution in [1.29, 1.82) is 0 Å². The standard InChI is InChI=1S/C14H21N3O2/c1-4-19-14(18)13(11(3)15)17(16)9-12-7-5-10(2)6-8-12/h5-8H,4,9,15-16H2,1-3H3/b13-11-. The fourth-order valence-electron chi connectivity index (χ4n) is 1.67. The van der Waals surface area contributed by atoms with E-state index in [0.717, 1.165) is 5.56 Å². The molecule has 0 fully saturated rings. The van der Waals surface area contributed by atoms with Gasteiger partial charge in [-0.15, -0.1) is 0 Å². The van der Waals surface area contributed by atoms with Crippen LogP contribution in [0.5, 0.6) is 0 Å². The van der Waals surface area contributed by atoms with Crippen molar-refractivity contribution in [2.75, 3.05) is 6.61 Å². The number of carbonyl (C=O) groups is 1. The molecule has 5 heteroatoms. The zero-order valence-electron chi connectivity index (χ0n) is 11.6. The van der Waals surface area contributed by atoms with Gasteiger partial charge in [-0.1, -0.05) is 29.8 Å². The van der Waals surface area contributed by atoms with Crippen molar-refractivity contribution in [2.24, 2.45) is 11.6 Å². The second-order valence-electron chi connectivity index (χ2n) is 4.37. The second kappa shape index (κ2) is 6.80. The van der Waals surface area contributed by atoms with E-state index in [9.17, 15) is 4.79 Å². The summed E-state index contributed by atoms with van der Waals surface area (Å²) >= 11 is 0. The highest BCUT2D eigenvalue weighted by molar-refractivity contribution is 5.88. The minimum Gasteiger partial charge on any atom is -0.461 e. The molecule has 0 saturated heterocycles. The predicted octanol–water partition coefficient (Wildman–Crippen LogP) is 1.42. The van der Waals surface area contributed by atoms with Gasteiger partial charge in [0.1, 0.15) is 0 Å². The van der Waals surface area contributed by atoms with Crippen LogP contribution >= 0.6 is 0 Å². The van der Waals surface area contributed by atoms with Crippen LogP contribution in [-0.2, 0) is 16.1 Å². The van der Waals surface area contributed by atoms with Crippen LogP contribution in [0.2, 0.25) is 0 Å². The summed E-state index contributed by atoms with van der Waals surface area (Å²) < 4.78 is 4.94. The quantitative estimate of drug-likeness (QED) is 0.363. The van der Waals surface area contributed by atoms with E-state index in [1.54, 1.807) is 13.8 Å². The van der Waals surface area contributed by atoms with E-state index in [2.05, 4.69) is 0 Å². The van der Waals surface area contributed by atoms with Crippen molar-refractivity contribution in [3.8, 4) is 0 Å². The Balaban J connectivity index is 2.84. The minimum absolute atomic E-state index is 0.197. The monoisotopic (exact) mass is 263 g/mol. The maximum absolute atomic E-state index is 11.8. The van der Waals surface area contributed by atoms with Gasteiger partial charge < -0.3 is 10.5 Å². The summed E-state index contributed by atoms with van der Waals surface area (Å²) in [5, 5.41) is 1.32. The third-order valence-electron chi connectivity index (χ3n) is 2.60. The molecule has 0 amide bonds. The van der Waals surface area contributed by atoms with E-state index in [1.807, 2.05) is 31.2 Å². The molecule has 0 bridgehead atoms. The number of ether oxygens (including phenoxy) is 1. The molecule has 0 aliphatic rings. The number of hydrogen-bond donors (Lipinski definition) is 2. The number of nitrogens with zero attached hydrogens (tertiary/aromatic N) is 1. The molecule has 1 rings (SSSR count). The summed E-state index contributed by atoms with van der Waals surface area (Å²) in [6, 6.07) is 7.91. The van der Waals surface area contributed by atoms with Gasteiger partial charge in [-0.2, -0.15) is 0 Å². The summed E-state index contributed by atoms with van der Waals surface area (Å²) in [5.41, 5.74) is 8.41. The normalized spacial score (nSPS) is 11.8. The molecule has 1 aromatic rings. The molecule has 1 aromatic carbocycles. The van der Waals surface area contributed by atoms with Crippen LogP contribution in [-0.4, -0.2) is 17.6 Å². The first kappa shape index (κ1) is 15.0. The number of hydrogen-bond acceptors (Lipinski definition) is 5. The van der Waals surface area contributed by atoms with Gasteiger partial charge in [-0.05, 0) is 26.3 Å². The zero-order valence-corrected chi connectivity index (χ0v) is 11.6. The van der Waals surface area contributed by atoms with Crippen molar-refractivity contribution in [1.82, 2.24) is 5.01 Å². The van der Waals surface area contributed by atoms with Gasteiger partial charge >= 0.3 is 5.97 Å². The Kier molecular flexibility index (Phi) is 5.38. The van der Waals surface area contributed by atoms with Crippen LogP contribution in [0.15, 0.2) is 35.7 Å². The molecule has 104 valence electrons. The fourth-order valence-corrected chi connectivity index (χ4v) is 1.67. The summed E-state index contributed by atoms with van der Waals surface area (Å²) in [5.74, 6) is 5.41. The molecule has 0 saturated carbocycles. The molecule has 0 aliphatic carbocycles. The number of carbonyl (C=O) groups excluding carboxylic acids is 1. The Morgan fingerprint density at radius 2 is 1.89 bits per heavy atom. The van der Waals surface area contributed by atoms with E-state index < -0.39 is 5.97 Å². The number of nitrogens with two attached hydrogens (primary N) is 2. The molecule has 0 spiro atoms. The summed E-state index contributed by atoms with van der Waals surface area (Å²) in [4.78, 5) is 11.8. The average Bonchev–Trinajstić information content (AvgIpc) is 2.32. The number of hydrazine groups is 1. The van der Waals surface area contributed by atoms with Crippen LogP contribution in [0.1, 0.15) is 25.0 Å². The highest BCUT2D eigenvalue weighted by atomic mass is 16.5. The summed E-state index contributed by atoms with van der Waals surface area (Å²) in [7, 11) is 0. The SMILES string of the molecule is CCOC(=O)/C(=C(\C)N)N(N)Cc1ccc(C)cc1. The molecule has 5 nitrogen and oxygen atoms in total. The number of aryl methyl sites for hydroxylation is 1. The molecule has 0 heterocycles. The van der Waals surface area contributed by atoms with Crippen LogP contribution in [0.25, 0.3) is 0 Å². The van der Waals surface area contributed by atoms with E-state index in [-0.39, 0.29) is 12.3 Å². The average molecular weight is 263 g/mol. The van der Waals surface area contributed by atoms with Crippen molar-refractivity contribution in [3.63, 3.8) is 0 Å². The van der Waals surface area contributed by atoms with Crippen LogP contribution in [0.3, 0.4) is 0 Å². The van der Waals surface area contributed by atoms with Gasteiger partial charge in [-0.3, -0.25) is 5.01 Å². The second-order valence-corrected chi connectivity index (χ2v) is 4.37. The molecule has 0 unspecified atom stereocenters. The fraction of sp³-hybridized carbons (Fsp3) is 0.357. The van der Waals surface area contributed by atoms with E-state index >= 15 is 0 Å². The smallest absolute Gasteiger partial charge is 0.357 e. The van der Waals surface area contributed by atoms with E-state index in [4.69, 9.17) is 16.3 Å². The van der Waals surface area contributed by atoms with Gasteiger partial charge in [0.2, 0.25) is 0 Å². The lowest BCUT2D eigenvalue weighted by molar-refractivity contribution is -0.140. The maximum Gasteiger partial charge on any atom is 0.357 e. The largest absolute Gasteiger partial charge is 0.461 e.